The van der Waals surface area contributed by atoms with E-state index in [9.17, 15) is 4.79 Å². The van der Waals surface area contributed by atoms with Crippen LogP contribution in [0.3, 0.4) is 0 Å². The van der Waals surface area contributed by atoms with Crippen molar-refractivity contribution < 1.29 is 23.7 Å². The molecule has 1 amide bonds. The summed E-state index contributed by atoms with van der Waals surface area (Å²) in [6.07, 6.45) is 0. The molecular formula is C27H26N4O5. The fraction of sp³-hybridized carbons (Fsp3) is 0.222. The third-order valence-corrected chi connectivity index (χ3v) is 5.27. The lowest BCUT2D eigenvalue weighted by Gasteiger charge is -2.09. The molecular weight excluding hydrogens is 460 g/mol. The van der Waals surface area contributed by atoms with Gasteiger partial charge in [0.05, 0.1) is 12.3 Å². The highest BCUT2D eigenvalue weighted by atomic mass is 16.7. The van der Waals surface area contributed by atoms with E-state index >= 15 is 0 Å². The Morgan fingerprint density at radius 2 is 1.78 bits per heavy atom. The highest BCUT2D eigenvalue weighted by molar-refractivity contribution is 5.92. The Bertz CT molecular complexity index is 1340. The zero-order valence-corrected chi connectivity index (χ0v) is 20.0. The number of rotatable bonds is 9. The number of hydrogen-bond acceptors (Lipinski definition) is 7. The first kappa shape index (κ1) is 23.2. The smallest absolute Gasteiger partial charge is 0.336 e. The number of fused-ring (bicyclic) bond motifs is 1. The predicted molar refractivity (Wildman–Crippen MR) is 134 cm³/mol. The summed E-state index contributed by atoms with van der Waals surface area (Å²) < 4.78 is 24.0. The van der Waals surface area contributed by atoms with Crippen LogP contribution in [0.15, 0.2) is 72.8 Å². The second-order valence-electron chi connectivity index (χ2n) is 8.60. The normalized spacial score (nSPS) is 12.0. The third kappa shape index (κ3) is 5.41. The Kier molecular flexibility index (Phi) is 6.70. The molecule has 36 heavy (non-hydrogen) atoms. The van der Waals surface area contributed by atoms with Crippen molar-refractivity contribution in [3.63, 3.8) is 0 Å². The van der Waals surface area contributed by atoms with E-state index < -0.39 is 0 Å². The van der Waals surface area contributed by atoms with Crippen LogP contribution in [-0.2, 0) is 4.79 Å². The van der Waals surface area contributed by atoms with Gasteiger partial charge in [0.1, 0.15) is 5.75 Å². The molecule has 0 aliphatic carbocycles. The van der Waals surface area contributed by atoms with E-state index in [1.54, 1.807) is 28.9 Å². The largest absolute Gasteiger partial charge is 0.484 e. The maximum absolute atomic E-state index is 12.3. The fourth-order valence-corrected chi connectivity index (χ4v) is 3.55. The number of ether oxygens (including phenoxy) is 4. The highest BCUT2D eigenvalue weighted by Crippen LogP contribution is 2.36. The number of amides is 1. The van der Waals surface area contributed by atoms with E-state index in [1.807, 2.05) is 48.5 Å². The van der Waals surface area contributed by atoms with Crippen LogP contribution >= 0.6 is 0 Å². The Morgan fingerprint density at radius 1 is 1.00 bits per heavy atom. The fourth-order valence-electron chi connectivity index (χ4n) is 3.55. The molecule has 4 aromatic rings. The molecule has 5 rings (SSSR count). The Labute approximate surface area is 208 Å². The summed E-state index contributed by atoms with van der Waals surface area (Å²) in [5, 5.41) is 7.42. The van der Waals surface area contributed by atoms with E-state index in [1.165, 1.54) is 0 Å². The van der Waals surface area contributed by atoms with E-state index in [0.29, 0.717) is 41.3 Å². The molecule has 1 aromatic heterocycles. The Hall–Kier alpha value is -4.53. The monoisotopic (exact) mass is 486 g/mol. The average Bonchev–Trinajstić information content (AvgIpc) is 3.54. The van der Waals surface area contributed by atoms with Gasteiger partial charge in [0.2, 0.25) is 6.79 Å². The number of nitrogens with zero attached hydrogens (tertiary/aromatic N) is 3. The van der Waals surface area contributed by atoms with Crippen LogP contribution < -0.4 is 24.3 Å². The lowest BCUT2D eigenvalue weighted by atomic mass is 10.2. The number of anilines is 1. The number of benzene rings is 3. The molecule has 3 aromatic carbocycles. The number of para-hydroxylation sites is 1. The standard InChI is InChI=1S/C27H26N4O5/c1-18(2)15-34-27-29-26(19-8-13-23-24(14-19)36-17-35-23)31(30-27)21-11-9-20(10-12-21)28-25(32)16-33-22-6-4-3-5-7-22/h3-14,18H,15-17H2,1-2H3,(H,28,32). The molecule has 0 unspecified atom stereocenters. The van der Waals surface area contributed by atoms with Gasteiger partial charge in [-0.15, -0.1) is 5.10 Å². The molecule has 0 fully saturated rings. The highest BCUT2D eigenvalue weighted by Gasteiger charge is 2.19. The topological polar surface area (TPSA) is 96.7 Å². The van der Waals surface area contributed by atoms with Crippen molar-refractivity contribution in [3.8, 4) is 40.3 Å². The molecule has 0 bridgehead atoms. The zero-order chi connectivity index (χ0) is 24.9. The molecule has 0 atom stereocenters. The molecule has 0 spiro atoms. The quantitative estimate of drug-likeness (QED) is 0.366. The summed E-state index contributed by atoms with van der Waals surface area (Å²) in [6, 6.07) is 22.4. The first-order valence-electron chi connectivity index (χ1n) is 11.6. The van der Waals surface area contributed by atoms with Gasteiger partial charge in [0.25, 0.3) is 5.91 Å². The summed E-state index contributed by atoms with van der Waals surface area (Å²) in [5.74, 6) is 2.67. The summed E-state index contributed by atoms with van der Waals surface area (Å²) in [7, 11) is 0. The van der Waals surface area contributed by atoms with Crippen LogP contribution in [0.4, 0.5) is 5.69 Å². The van der Waals surface area contributed by atoms with E-state index in [2.05, 4.69) is 29.2 Å². The van der Waals surface area contributed by atoms with Crippen molar-refractivity contribution in [1.82, 2.24) is 14.8 Å². The van der Waals surface area contributed by atoms with Gasteiger partial charge in [0.15, 0.2) is 23.9 Å². The minimum absolute atomic E-state index is 0.0837. The van der Waals surface area contributed by atoms with Gasteiger partial charge in [-0.3, -0.25) is 4.79 Å². The lowest BCUT2D eigenvalue weighted by molar-refractivity contribution is -0.118. The summed E-state index contributed by atoms with van der Waals surface area (Å²) in [4.78, 5) is 16.9. The van der Waals surface area contributed by atoms with Crippen LogP contribution in [-0.4, -0.2) is 40.7 Å². The number of hydrogen-bond donors (Lipinski definition) is 1. The molecule has 9 nitrogen and oxygen atoms in total. The number of nitrogens with one attached hydrogen (secondary N) is 1. The van der Waals surface area contributed by atoms with Crippen molar-refractivity contribution >= 4 is 11.6 Å². The minimum Gasteiger partial charge on any atom is -0.484 e. The van der Waals surface area contributed by atoms with Crippen molar-refractivity contribution in [3.05, 3.63) is 72.8 Å². The minimum atomic E-state index is -0.252. The van der Waals surface area contributed by atoms with Crippen molar-refractivity contribution in [2.75, 3.05) is 25.3 Å². The molecule has 0 saturated carbocycles. The number of carbonyl (C=O) groups is 1. The number of aromatic nitrogens is 3. The molecule has 1 aliphatic heterocycles. The Balaban J connectivity index is 1.34. The predicted octanol–water partition coefficient (Wildman–Crippen LogP) is 4.72. The second-order valence-corrected chi connectivity index (χ2v) is 8.60. The van der Waals surface area contributed by atoms with Gasteiger partial charge in [-0.2, -0.15) is 4.98 Å². The molecule has 1 N–H and O–H groups in total. The third-order valence-electron chi connectivity index (χ3n) is 5.27. The van der Waals surface area contributed by atoms with Gasteiger partial charge in [0, 0.05) is 11.3 Å². The SMILES string of the molecule is CC(C)COc1nc(-c2ccc3c(c2)OCO3)n(-c2ccc(NC(=O)COc3ccccc3)cc2)n1. The van der Waals surface area contributed by atoms with Crippen molar-refractivity contribution in [2.45, 2.75) is 13.8 Å². The van der Waals surface area contributed by atoms with Crippen LogP contribution in [0.1, 0.15) is 13.8 Å². The van der Waals surface area contributed by atoms with E-state index in [-0.39, 0.29) is 25.3 Å². The van der Waals surface area contributed by atoms with Crippen LogP contribution in [0, 0.1) is 5.92 Å². The van der Waals surface area contributed by atoms with Gasteiger partial charge in [-0.25, -0.2) is 4.68 Å². The van der Waals surface area contributed by atoms with Crippen LogP contribution in [0.2, 0.25) is 0 Å². The van der Waals surface area contributed by atoms with Crippen LogP contribution in [0.5, 0.6) is 23.3 Å². The van der Waals surface area contributed by atoms with Crippen LogP contribution in [0.25, 0.3) is 17.1 Å². The van der Waals surface area contributed by atoms with Gasteiger partial charge in [-0.05, 0) is 60.5 Å². The molecule has 2 heterocycles. The van der Waals surface area contributed by atoms with Gasteiger partial charge in [-0.1, -0.05) is 32.0 Å². The second kappa shape index (κ2) is 10.4. The average molecular weight is 487 g/mol. The van der Waals surface area contributed by atoms with E-state index in [4.69, 9.17) is 18.9 Å². The zero-order valence-electron chi connectivity index (χ0n) is 20.0. The van der Waals surface area contributed by atoms with Gasteiger partial charge < -0.3 is 24.3 Å². The van der Waals surface area contributed by atoms with Crippen molar-refractivity contribution in [1.29, 1.82) is 0 Å². The molecule has 9 heteroatoms. The maximum Gasteiger partial charge on any atom is 0.336 e. The summed E-state index contributed by atoms with van der Waals surface area (Å²) in [6.45, 7) is 4.74. The first-order valence-corrected chi connectivity index (χ1v) is 11.6. The van der Waals surface area contributed by atoms with Gasteiger partial charge >= 0.3 is 6.01 Å². The Morgan fingerprint density at radius 3 is 2.56 bits per heavy atom. The van der Waals surface area contributed by atoms with Crippen molar-refractivity contribution in [2.24, 2.45) is 5.92 Å². The summed E-state index contributed by atoms with van der Waals surface area (Å²) >= 11 is 0. The maximum atomic E-state index is 12.3. The first-order chi connectivity index (χ1) is 17.5. The summed E-state index contributed by atoms with van der Waals surface area (Å²) in [5.41, 5.74) is 2.20. The molecule has 0 radical (unpaired) electrons. The number of carbonyl (C=O) groups excluding carboxylic acids is 1. The molecule has 1 aliphatic rings. The lowest BCUT2D eigenvalue weighted by Crippen LogP contribution is -2.20. The molecule has 184 valence electrons. The molecule has 0 saturated heterocycles. The van der Waals surface area contributed by atoms with E-state index in [0.717, 1.165) is 11.3 Å².